The summed E-state index contributed by atoms with van der Waals surface area (Å²) in [5.41, 5.74) is -0.869. The van der Waals surface area contributed by atoms with Crippen LogP contribution in [0.3, 0.4) is 0 Å². The number of hydrogen-bond donors (Lipinski definition) is 1. The molecule has 2 nitrogen and oxygen atoms in total. The average molecular weight is 240 g/mol. The molecule has 0 radical (unpaired) electrons. The number of halogens is 2. The molecule has 14 heavy (non-hydrogen) atoms. The van der Waals surface area contributed by atoms with Gasteiger partial charge in [-0.25, -0.2) is 0 Å². The zero-order chi connectivity index (χ0) is 11.4. The molecule has 0 aromatic heterocycles. The summed E-state index contributed by atoms with van der Waals surface area (Å²) in [6, 6.07) is 0. The lowest BCUT2D eigenvalue weighted by Gasteiger charge is -2.31. The first-order valence-electron chi connectivity index (χ1n) is 4.76. The van der Waals surface area contributed by atoms with Crippen LogP contribution in [0.4, 0.5) is 0 Å². The third-order valence-corrected chi connectivity index (χ3v) is 3.68. The van der Waals surface area contributed by atoms with Gasteiger partial charge in [-0.3, -0.25) is 4.79 Å². The molecule has 1 amide bonds. The summed E-state index contributed by atoms with van der Waals surface area (Å²) in [5, 5.41) is 2.88. The maximum atomic E-state index is 11.8. The van der Waals surface area contributed by atoms with Crippen LogP contribution >= 0.6 is 23.2 Å². The highest BCUT2D eigenvalue weighted by Gasteiger charge is 2.31. The maximum absolute atomic E-state index is 11.8. The van der Waals surface area contributed by atoms with Gasteiger partial charge in [-0.05, 0) is 13.3 Å². The van der Waals surface area contributed by atoms with Gasteiger partial charge < -0.3 is 5.32 Å². The summed E-state index contributed by atoms with van der Waals surface area (Å²) in [5.74, 6) is 0.646. The number of amides is 1. The monoisotopic (exact) mass is 239 g/mol. The fourth-order valence-corrected chi connectivity index (χ4v) is 1.13. The number of carbonyl (C=O) groups is 1. The second kappa shape index (κ2) is 5.22. The maximum Gasteiger partial charge on any atom is 0.226 e. The van der Waals surface area contributed by atoms with Gasteiger partial charge in [0.25, 0.3) is 0 Å². The summed E-state index contributed by atoms with van der Waals surface area (Å²) >= 11 is 11.5. The van der Waals surface area contributed by atoms with Crippen molar-refractivity contribution in [2.45, 2.75) is 39.7 Å². The molecule has 0 rings (SSSR count). The molecule has 0 aliphatic rings. The van der Waals surface area contributed by atoms with Crippen LogP contribution in [0, 0.1) is 5.41 Å². The standard InChI is InChI=1S/C10H19Cl2NO/c1-5-9(2,3)8(14)13-10(4,6-11)7-12/h5-7H2,1-4H3,(H,13,14). The summed E-state index contributed by atoms with van der Waals surface area (Å²) in [4.78, 5) is 11.8. The molecule has 1 N–H and O–H groups in total. The van der Waals surface area contributed by atoms with Crippen LogP contribution in [0.5, 0.6) is 0 Å². The summed E-state index contributed by atoms with van der Waals surface area (Å²) in [7, 11) is 0. The molecule has 0 saturated carbocycles. The Morgan fingerprint density at radius 3 is 1.93 bits per heavy atom. The van der Waals surface area contributed by atoms with Crippen LogP contribution in [0.15, 0.2) is 0 Å². The van der Waals surface area contributed by atoms with Crippen molar-refractivity contribution in [1.29, 1.82) is 0 Å². The lowest BCUT2D eigenvalue weighted by molar-refractivity contribution is -0.130. The van der Waals surface area contributed by atoms with E-state index in [9.17, 15) is 4.79 Å². The molecular formula is C10H19Cl2NO. The smallest absolute Gasteiger partial charge is 0.226 e. The highest BCUT2D eigenvalue weighted by atomic mass is 35.5. The minimum Gasteiger partial charge on any atom is -0.348 e. The van der Waals surface area contributed by atoms with Crippen molar-refractivity contribution in [2.75, 3.05) is 11.8 Å². The molecule has 0 spiro atoms. The average Bonchev–Trinajstić information content (AvgIpc) is 2.17. The van der Waals surface area contributed by atoms with Crippen LogP contribution in [0.1, 0.15) is 34.1 Å². The van der Waals surface area contributed by atoms with E-state index in [0.29, 0.717) is 11.8 Å². The zero-order valence-electron chi connectivity index (χ0n) is 9.29. The Labute approximate surface area is 96.3 Å². The number of alkyl halides is 2. The number of carbonyl (C=O) groups excluding carboxylic acids is 1. The van der Waals surface area contributed by atoms with Crippen LogP contribution < -0.4 is 5.32 Å². The van der Waals surface area contributed by atoms with Gasteiger partial charge >= 0.3 is 0 Å². The van der Waals surface area contributed by atoms with Gasteiger partial charge in [0.05, 0.1) is 5.54 Å². The van der Waals surface area contributed by atoms with E-state index >= 15 is 0 Å². The quantitative estimate of drug-likeness (QED) is 0.735. The van der Waals surface area contributed by atoms with Gasteiger partial charge in [-0.15, -0.1) is 23.2 Å². The minimum absolute atomic E-state index is 0.00352. The second-order valence-corrected chi connectivity index (χ2v) is 5.05. The first-order valence-corrected chi connectivity index (χ1v) is 5.83. The molecule has 4 heteroatoms. The Morgan fingerprint density at radius 1 is 1.21 bits per heavy atom. The topological polar surface area (TPSA) is 29.1 Å². The fraction of sp³-hybridized carbons (Fsp3) is 0.900. The molecule has 0 atom stereocenters. The van der Waals surface area contributed by atoms with Crippen molar-refractivity contribution < 1.29 is 4.79 Å². The van der Waals surface area contributed by atoms with Gasteiger partial charge in [-0.2, -0.15) is 0 Å². The fourth-order valence-electron chi connectivity index (χ4n) is 0.706. The van der Waals surface area contributed by atoms with E-state index in [0.717, 1.165) is 6.42 Å². The van der Waals surface area contributed by atoms with Gasteiger partial charge in [0.2, 0.25) is 5.91 Å². The number of rotatable bonds is 5. The van der Waals surface area contributed by atoms with E-state index in [1.54, 1.807) is 0 Å². The molecule has 0 saturated heterocycles. The molecule has 0 fully saturated rings. The third kappa shape index (κ3) is 3.66. The summed E-state index contributed by atoms with van der Waals surface area (Å²) < 4.78 is 0. The minimum atomic E-state index is -0.507. The van der Waals surface area contributed by atoms with E-state index in [1.807, 2.05) is 27.7 Å². The molecular weight excluding hydrogens is 221 g/mol. The SMILES string of the molecule is CCC(C)(C)C(=O)NC(C)(CCl)CCl. The first kappa shape index (κ1) is 14.1. The van der Waals surface area contributed by atoms with Gasteiger partial charge in [0.15, 0.2) is 0 Å². The predicted octanol–water partition coefficient (Wildman–Crippen LogP) is 2.78. The van der Waals surface area contributed by atoms with E-state index in [1.165, 1.54) is 0 Å². The van der Waals surface area contributed by atoms with Gasteiger partial charge in [-0.1, -0.05) is 20.8 Å². The van der Waals surface area contributed by atoms with Crippen LogP contribution in [0.2, 0.25) is 0 Å². The molecule has 0 aromatic rings. The van der Waals surface area contributed by atoms with Crippen molar-refractivity contribution in [3.05, 3.63) is 0 Å². The first-order chi connectivity index (χ1) is 6.31. The van der Waals surface area contributed by atoms with E-state index < -0.39 is 5.54 Å². The number of nitrogens with one attached hydrogen (secondary N) is 1. The Bertz CT molecular complexity index is 200. The van der Waals surface area contributed by atoms with Crippen molar-refractivity contribution in [1.82, 2.24) is 5.32 Å². The molecule has 0 aliphatic heterocycles. The Hall–Kier alpha value is 0.0500. The molecule has 0 unspecified atom stereocenters. The van der Waals surface area contributed by atoms with Crippen LogP contribution in [-0.2, 0) is 4.79 Å². The van der Waals surface area contributed by atoms with E-state index in [4.69, 9.17) is 23.2 Å². The van der Waals surface area contributed by atoms with E-state index in [2.05, 4.69) is 5.32 Å². The second-order valence-electron chi connectivity index (χ2n) is 4.52. The normalized spacial score (nSPS) is 12.7. The Kier molecular flexibility index (Phi) is 5.24. The predicted molar refractivity (Wildman–Crippen MR) is 62.1 cm³/mol. The summed E-state index contributed by atoms with van der Waals surface area (Å²) in [6.07, 6.45) is 0.791. The highest BCUT2D eigenvalue weighted by Crippen LogP contribution is 2.21. The molecule has 0 heterocycles. The highest BCUT2D eigenvalue weighted by molar-refractivity contribution is 6.22. The van der Waals surface area contributed by atoms with Crippen molar-refractivity contribution in [3.8, 4) is 0 Å². The Morgan fingerprint density at radius 2 is 1.64 bits per heavy atom. The zero-order valence-corrected chi connectivity index (χ0v) is 10.8. The molecule has 0 aliphatic carbocycles. The third-order valence-electron chi connectivity index (χ3n) is 2.50. The number of hydrogen-bond acceptors (Lipinski definition) is 1. The van der Waals surface area contributed by atoms with E-state index in [-0.39, 0.29) is 11.3 Å². The summed E-state index contributed by atoms with van der Waals surface area (Å²) in [6.45, 7) is 7.64. The van der Waals surface area contributed by atoms with Gasteiger partial charge in [0.1, 0.15) is 0 Å². The van der Waals surface area contributed by atoms with Crippen molar-refractivity contribution in [3.63, 3.8) is 0 Å². The van der Waals surface area contributed by atoms with Crippen molar-refractivity contribution >= 4 is 29.1 Å². The lowest BCUT2D eigenvalue weighted by Crippen LogP contribution is -2.53. The van der Waals surface area contributed by atoms with Crippen LogP contribution in [0.25, 0.3) is 0 Å². The Balaban J connectivity index is 4.45. The molecule has 84 valence electrons. The lowest BCUT2D eigenvalue weighted by atomic mass is 9.88. The largest absolute Gasteiger partial charge is 0.348 e. The molecule has 0 aromatic carbocycles. The van der Waals surface area contributed by atoms with Crippen LogP contribution in [-0.4, -0.2) is 23.2 Å². The van der Waals surface area contributed by atoms with Gasteiger partial charge in [0, 0.05) is 17.2 Å². The van der Waals surface area contributed by atoms with Crippen molar-refractivity contribution in [2.24, 2.45) is 5.41 Å². The molecule has 0 bridgehead atoms.